The Morgan fingerprint density at radius 1 is 1.42 bits per heavy atom. The molecule has 19 heavy (non-hydrogen) atoms. The summed E-state index contributed by atoms with van der Waals surface area (Å²) in [5.74, 6) is 0. The average Bonchev–Trinajstić information content (AvgIpc) is 2.31. The number of para-hydroxylation sites is 1. The minimum Gasteiger partial charge on any atom is -0.443 e. The molecular formula is C14H18BrNO3. The Balaban J connectivity index is 2.32. The third-order valence-electron chi connectivity index (χ3n) is 2.85. The molecular weight excluding hydrogens is 310 g/mol. The summed E-state index contributed by atoms with van der Waals surface area (Å²) in [5.41, 5.74) is 1.12. The van der Waals surface area contributed by atoms with Gasteiger partial charge < -0.3 is 9.84 Å². The first-order valence-electron chi connectivity index (χ1n) is 6.21. The number of halogens is 1. The van der Waals surface area contributed by atoms with E-state index in [0.717, 1.165) is 11.3 Å². The molecule has 2 unspecified atom stereocenters. The van der Waals surface area contributed by atoms with E-state index in [2.05, 4.69) is 15.9 Å². The van der Waals surface area contributed by atoms with Gasteiger partial charge in [-0.2, -0.15) is 0 Å². The van der Waals surface area contributed by atoms with E-state index in [9.17, 15) is 9.90 Å². The number of hydrogen-bond donors (Lipinski definition) is 1. The number of aliphatic hydroxyl groups is 1. The van der Waals surface area contributed by atoms with Gasteiger partial charge in [0.05, 0.1) is 23.2 Å². The van der Waals surface area contributed by atoms with Gasteiger partial charge in [-0.1, -0.05) is 34.1 Å². The fraction of sp³-hybridized carbons (Fsp3) is 0.500. The molecule has 104 valence electrons. The molecule has 0 radical (unpaired) electrons. The van der Waals surface area contributed by atoms with Crippen molar-refractivity contribution in [1.82, 2.24) is 0 Å². The summed E-state index contributed by atoms with van der Waals surface area (Å²) < 4.78 is 5.38. The van der Waals surface area contributed by atoms with Crippen molar-refractivity contribution < 1.29 is 14.6 Å². The van der Waals surface area contributed by atoms with Crippen molar-refractivity contribution in [2.45, 2.75) is 37.3 Å². The summed E-state index contributed by atoms with van der Waals surface area (Å²) in [7, 11) is 0. The number of amides is 1. The molecule has 1 aromatic carbocycles. The smallest absolute Gasteiger partial charge is 0.414 e. The van der Waals surface area contributed by atoms with Crippen LogP contribution in [0.25, 0.3) is 0 Å². The summed E-state index contributed by atoms with van der Waals surface area (Å²) >= 11 is 3.46. The number of nitrogens with zero attached hydrogens (tertiary/aromatic N) is 1. The molecule has 1 N–H and O–H groups in total. The summed E-state index contributed by atoms with van der Waals surface area (Å²) in [6.45, 7) is 5.70. The molecule has 2 rings (SSSR count). The van der Waals surface area contributed by atoms with Crippen LogP contribution in [-0.2, 0) is 4.74 Å². The van der Waals surface area contributed by atoms with Crippen molar-refractivity contribution >= 4 is 27.7 Å². The minimum atomic E-state index is -0.651. The lowest BCUT2D eigenvalue weighted by Gasteiger charge is -2.36. The Hall–Kier alpha value is -1.07. The number of hydrogen-bond acceptors (Lipinski definition) is 3. The molecule has 0 saturated carbocycles. The fourth-order valence-electron chi connectivity index (χ4n) is 2.04. The lowest BCUT2D eigenvalue weighted by atomic mass is 10.00. The monoisotopic (exact) mass is 327 g/mol. The molecule has 0 aliphatic carbocycles. The lowest BCUT2D eigenvalue weighted by molar-refractivity contribution is 0.0548. The van der Waals surface area contributed by atoms with Gasteiger partial charge in [-0.15, -0.1) is 0 Å². The first-order chi connectivity index (χ1) is 8.79. The number of rotatable bonds is 0. The molecule has 5 heteroatoms. The van der Waals surface area contributed by atoms with E-state index >= 15 is 0 Å². The third-order valence-corrected chi connectivity index (χ3v) is 3.95. The second-order valence-corrected chi connectivity index (χ2v) is 6.61. The van der Waals surface area contributed by atoms with Gasteiger partial charge in [0.2, 0.25) is 0 Å². The minimum absolute atomic E-state index is 0.164. The summed E-state index contributed by atoms with van der Waals surface area (Å²) in [5, 5.41) is 10.0. The maximum Gasteiger partial charge on any atom is 0.414 e. The Morgan fingerprint density at radius 3 is 2.68 bits per heavy atom. The topological polar surface area (TPSA) is 49.8 Å². The number of alkyl halides is 1. The van der Waals surface area contributed by atoms with Gasteiger partial charge in [-0.05, 0) is 32.4 Å². The molecule has 0 fully saturated rings. The zero-order chi connectivity index (χ0) is 14.2. The standard InChI is InChI=1S/C14H18BrNO3/c1-14(2,3)19-13(18)16-8-11(17)12(15)9-6-4-5-7-10(9)16/h4-7,11-12,17H,8H2,1-3H3. The quantitative estimate of drug-likeness (QED) is 0.744. The summed E-state index contributed by atoms with van der Waals surface area (Å²) in [4.78, 5) is 13.5. The van der Waals surface area contributed by atoms with Crippen molar-refractivity contribution in [2.24, 2.45) is 0 Å². The molecule has 0 saturated heterocycles. The molecule has 1 aliphatic heterocycles. The van der Waals surface area contributed by atoms with Crippen LogP contribution in [0.1, 0.15) is 31.2 Å². The largest absolute Gasteiger partial charge is 0.443 e. The Bertz CT molecular complexity index is 484. The van der Waals surface area contributed by atoms with Gasteiger partial charge in [0, 0.05) is 0 Å². The van der Waals surface area contributed by atoms with Gasteiger partial charge in [0.15, 0.2) is 0 Å². The number of ether oxygens (including phenoxy) is 1. The molecule has 1 amide bonds. The number of carbonyl (C=O) groups excluding carboxylic acids is 1. The fourth-order valence-corrected chi connectivity index (χ4v) is 2.60. The summed E-state index contributed by atoms with van der Waals surface area (Å²) in [6.07, 6.45) is -1.08. The molecule has 1 aliphatic rings. The highest BCUT2D eigenvalue weighted by Crippen LogP contribution is 2.39. The number of carbonyl (C=O) groups is 1. The van der Waals surface area contributed by atoms with Crippen LogP contribution < -0.4 is 4.90 Å². The predicted octanol–water partition coefficient (Wildman–Crippen LogP) is 3.24. The van der Waals surface area contributed by atoms with Crippen molar-refractivity contribution in [2.75, 3.05) is 11.4 Å². The zero-order valence-electron chi connectivity index (χ0n) is 11.3. The van der Waals surface area contributed by atoms with Crippen LogP contribution >= 0.6 is 15.9 Å². The highest BCUT2D eigenvalue weighted by atomic mass is 79.9. The van der Waals surface area contributed by atoms with Gasteiger partial charge >= 0.3 is 6.09 Å². The number of fused-ring (bicyclic) bond motifs is 1. The van der Waals surface area contributed by atoms with E-state index in [1.807, 2.05) is 45.0 Å². The van der Waals surface area contributed by atoms with E-state index in [1.54, 1.807) is 0 Å². The van der Waals surface area contributed by atoms with Gasteiger partial charge in [-0.25, -0.2) is 4.79 Å². The number of β-amino-alcohol motifs (C(OH)–C–C–N with tert-alkyl or cyclic N) is 1. The molecule has 1 aromatic rings. The Labute approximate surface area is 121 Å². The average molecular weight is 328 g/mol. The Kier molecular flexibility index (Phi) is 3.87. The van der Waals surface area contributed by atoms with Gasteiger partial charge in [0.25, 0.3) is 0 Å². The van der Waals surface area contributed by atoms with Crippen molar-refractivity contribution in [3.05, 3.63) is 29.8 Å². The number of anilines is 1. The first kappa shape index (κ1) is 14.3. The molecule has 0 spiro atoms. The van der Waals surface area contributed by atoms with E-state index in [1.165, 1.54) is 4.90 Å². The number of benzene rings is 1. The molecule has 2 atom stereocenters. The normalized spacial score (nSPS) is 22.9. The van der Waals surface area contributed by atoms with Gasteiger partial charge in [0.1, 0.15) is 5.60 Å². The Morgan fingerprint density at radius 2 is 2.05 bits per heavy atom. The van der Waals surface area contributed by atoms with Crippen LogP contribution in [0.2, 0.25) is 0 Å². The lowest BCUT2D eigenvalue weighted by Crippen LogP contribution is -2.45. The van der Waals surface area contributed by atoms with Crippen LogP contribution in [0.4, 0.5) is 10.5 Å². The number of aliphatic hydroxyl groups excluding tert-OH is 1. The van der Waals surface area contributed by atoms with Crippen LogP contribution in [-0.4, -0.2) is 29.4 Å². The van der Waals surface area contributed by atoms with Gasteiger partial charge in [-0.3, -0.25) is 4.90 Å². The maximum absolute atomic E-state index is 12.2. The first-order valence-corrected chi connectivity index (χ1v) is 7.13. The third kappa shape index (κ3) is 3.09. The van der Waals surface area contributed by atoms with Crippen LogP contribution in [0.15, 0.2) is 24.3 Å². The van der Waals surface area contributed by atoms with E-state index in [4.69, 9.17) is 4.74 Å². The second-order valence-electron chi connectivity index (χ2n) is 5.62. The SMILES string of the molecule is CC(C)(C)OC(=O)N1CC(O)C(Br)c2ccccc21. The predicted molar refractivity (Wildman–Crippen MR) is 77.7 cm³/mol. The molecule has 1 heterocycles. The second kappa shape index (κ2) is 5.13. The van der Waals surface area contributed by atoms with Crippen LogP contribution in [0.3, 0.4) is 0 Å². The summed E-state index contributed by atoms with van der Waals surface area (Å²) in [6, 6.07) is 7.51. The van der Waals surface area contributed by atoms with E-state index in [0.29, 0.717) is 0 Å². The van der Waals surface area contributed by atoms with Crippen LogP contribution in [0, 0.1) is 0 Å². The van der Waals surface area contributed by atoms with Crippen LogP contribution in [0.5, 0.6) is 0 Å². The van der Waals surface area contributed by atoms with E-state index in [-0.39, 0.29) is 11.4 Å². The zero-order valence-corrected chi connectivity index (χ0v) is 12.8. The van der Waals surface area contributed by atoms with E-state index < -0.39 is 17.8 Å². The molecule has 0 aromatic heterocycles. The highest BCUT2D eigenvalue weighted by molar-refractivity contribution is 9.09. The van der Waals surface area contributed by atoms with Crippen molar-refractivity contribution in [3.63, 3.8) is 0 Å². The maximum atomic E-state index is 12.2. The molecule has 0 bridgehead atoms. The highest BCUT2D eigenvalue weighted by Gasteiger charge is 2.35. The van der Waals surface area contributed by atoms with Crippen molar-refractivity contribution in [1.29, 1.82) is 0 Å². The molecule has 4 nitrogen and oxygen atoms in total. The van der Waals surface area contributed by atoms with Crippen molar-refractivity contribution in [3.8, 4) is 0 Å².